The summed E-state index contributed by atoms with van der Waals surface area (Å²) in [4.78, 5) is 0. The molecule has 96 valence electrons. The summed E-state index contributed by atoms with van der Waals surface area (Å²) in [5, 5.41) is 14.1. The molecule has 1 heterocycles. The van der Waals surface area contributed by atoms with E-state index in [-0.39, 0.29) is 12.0 Å². The quantitative estimate of drug-likeness (QED) is 0.776. The topological polar surface area (TPSA) is 64.1 Å². The highest BCUT2D eigenvalue weighted by atomic mass is 16.3. The molecule has 1 aromatic rings. The van der Waals surface area contributed by atoms with Gasteiger partial charge in [-0.1, -0.05) is 12.8 Å². The van der Waals surface area contributed by atoms with E-state index in [1.807, 2.05) is 18.7 Å². The zero-order valence-corrected chi connectivity index (χ0v) is 10.8. The number of hydrogen-bond acceptors (Lipinski definition) is 3. The van der Waals surface area contributed by atoms with Gasteiger partial charge in [-0.25, -0.2) is 0 Å². The Morgan fingerprint density at radius 1 is 1.59 bits per heavy atom. The molecule has 0 spiro atoms. The van der Waals surface area contributed by atoms with Crippen LogP contribution in [0.4, 0.5) is 0 Å². The molecule has 1 unspecified atom stereocenters. The summed E-state index contributed by atoms with van der Waals surface area (Å²) in [5.74, 6) is 0.778. The molecule has 17 heavy (non-hydrogen) atoms. The van der Waals surface area contributed by atoms with Gasteiger partial charge in [-0.15, -0.1) is 0 Å². The van der Waals surface area contributed by atoms with Gasteiger partial charge in [0.1, 0.15) is 0 Å². The van der Waals surface area contributed by atoms with Crippen LogP contribution in [0.1, 0.15) is 30.7 Å². The van der Waals surface area contributed by atoms with Crippen LogP contribution in [0, 0.1) is 18.3 Å². The van der Waals surface area contributed by atoms with Crippen LogP contribution >= 0.6 is 0 Å². The van der Waals surface area contributed by atoms with Crippen LogP contribution in [0.5, 0.6) is 0 Å². The zero-order chi connectivity index (χ0) is 12.5. The first-order valence-electron chi connectivity index (χ1n) is 6.39. The second kappa shape index (κ2) is 4.78. The summed E-state index contributed by atoms with van der Waals surface area (Å²) in [6, 6.07) is 2.09. The highest BCUT2D eigenvalue weighted by molar-refractivity contribution is 5.11. The first-order chi connectivity index (χ1) is 8.08. The molecule has 1 aliphatic carbocycles. The van der Waals surface area contributed by atoms with E-state index in [1.54, 1.807) is 0 Å². The van der Waals surface area contributed by atoms with E-state index in [1.165, 1.54) is 18.5 Å². The number of rotatable bonds is 6. The van der Waals surface area contributed by atoms with Crippen molar-refractivity contribution in [2.24, 2.45) is 24.1 Å². The average molecular weight is 237 g/mol. The molecule has 0 bridgehead atoms. The molecule has 4 heteroatoms. The van der Waals surface area contributed by atoms with Crippen LogP contribution in [-0.4, -0.2) is 28.0 Å². The van der Waals surface area contributed by atoms with Gasteiger partial charge >= 0.3 is 0 Å². The summed E-state index contributed by atoms with van der Waals surface area (Å²) in [5.41, 5.74) is 7.95. The van der Waals surface area contributed by atoms with E-state index < -0.39 is 0 Å². The van der Waals surface area contributed by atoms with Crippen LogP contribution in [-0.2, 0) is 13.5 Å². The molecule has 3 N–H and O–H groups in total. The Kier molecular flexibility index (Phi) is 3.54. The van der Waals surface area contributed by atoms with Crippen molar-refractivity contribution < 1.29 is 5.11 Å². The van der Waals surface area contributed by atoms with E-state index in [0.717, 1.165) is 24.5 Å². The molecule has 0 aliphatic heterocycles. The first kappa shape index (κ1) is 12.6. The fourth-order valence-corrected chi connectivity index (χ4v) is 2.56. The molecule has 4 nitrogen and oxygen atoms in total. The maximum atomic E-state index is 9.70. The average Bonchev–Trinajstić information content (AvgIpc) is 3.05. The van der Waals surface area contributed by atoms with Crippen LogP contribution in [0.25, 0.3) is 0 Å². The highest BCUT2D eigenvalue weighted by Gasteiger charge is 2.36. The lowest BCUT2D eigenvalue weighted by atomic mass is 9.79. The zero-order valence-electron chi connectivity index (χ0n) is 10.8. The van der Waals surface area contributed by atoms with Crippen molar-refractivity contribution in [3.05, 3.63) is 17.5 Å². The molecule has 1 fully saturated rings. The minimum atomic E-state index is -0.151. The monoisotopic (exact) mass is 237 g/mol. The van der Waals surface area contributed by atoms with Crippen molar-refractivity contribution in [3.63, 3.8) is 0 Å². The summed E-state index contributed by atoms with van der Waals surface area (Å²) in [6.45, 7) is 2.71. The highest BCUT2D eigenvalue weighted by Crippen LogP contribution is 2.41. The normalized spacial score (nSPS) is 19.3. The lowest BCUT2D eigenvalue weighted by molar-refractivity contribution is 0.113. The van der Waals surface area contributed by atoms with Crippen molar-refractivity contribution in [2.45, 2.75) is 32.6 Å². The number of aromatic nitrogens is 2. The summed E-state index contributed by atoms with van der Waals surface area (Å²) in [7, 11) is 1.96. The molecular formula is C13H23N3O. The maximum absolute atomic E-state index is 9.70. The van der Waals surface area contributed by atoms with Gasteiger partial charge in [0.05, 0.1) is 12.3 Å². The summed E-state index contributed by atoms with van der Waals surface area (Å²) >= 11 is 0. The standard InChI is InChI=1S/C13H23N3O/c1-10-5-12(16(2)15-10)7-13(8-14,9-17)6-11-3-4-11/h5,11,17H,3-4,6-9,14H2,1-2H3. The van der Waals surface area contributed by atoms with Gasteiger partial charge in [0.15, 0.2) is 0 Å². The van der Waals surface area contributed by atoms with Gasteiger partial charge in [0.25, 0.3) is 0 Å². The molecule has 0 saturated heterocycles. The SMILES string of the molecule is Cc1cc(CC(CN)(CO)CC2CC2)n(C)n1. The number of aryl methyl sites for hydroxylation is 2. The van der Waals surface area contributed by atoms with Crippen LogP contribution in [0.15, 0.2) is 6.07 Å². The van der Waals surface area contributed by atoms with Gasteiger partial charge in [-0.2, -0.15) is 5.10 Å². The van der Waals surface area contributed by atoms with Crippen LogP contribution in [0.3, 0.4) is 0 Å². The predicted octanol–water partition coefficient (Wildman–Crippen LogP) is 1.01. The largest absolute Gasteiger partial charge is 0.396 e. The third-order valence-corrected chi connectivity index (χ3v) is 3.84. The van der Waals surface area contributed by atoms with E-state index >= 15 is 0 Å². The molecule has 0 aromatic carbocycles. The molecular weight excluding hydrogens is 214 g/mol. The summed E-state index contributed by atoms with van der Waals surface area (Å²) < 4.78 is 1.91. The number of nitrogens with two attached hydrogens (primary N) is 1. The number of aliphatic hydroxyl groups excluding tert-OH is 1. The number of nitrogens with zero attached hydrogens (tertiary/aromatic N) is 2. The minimum Gasteiger partial charge on any atom is -0.396 e. The van der Waals surface area contributed by atoms with E-state index in [2.05, 4.69) is 11.2 Å². The van der Waals surface area contributed by atoms with Gasteiger partial charge < -0.3 is 10.8 Å². The van der Waals surface area contributed by atoms with Crippen molar-refractivity contribution in [2.75, 3.05) is 13.2 Å². The second-order valence-corrected chi connectivity index (χ2v) is 5.59. The molecule has 1 aliphatic rings. The Morgan fingerprint density at radius 2 is 2.29 bits per heavy atom. The minimum absolute atomic E-state index is 0.151. The first-order valence-corrected chi connectivity index (χ1v) is 6.39. The smallest absolute Gasteiger partial charge is 0.0596 e. The molecule has 0 radical (unpaired) electrons. The number of hydrogen-bond donors (Lipinski definition) is 2. The number of aliphatic hydroxyl groups is 1. The third-order valence-electron chi connectivity index (χ3n) is 3.84. The van der Waals surface area contributed by atoms with Crippen LogP contribution < -0.4 is 5.73 Å². The molecule has 2 rings (SSSR count). The maximum Gasteiger partial charge on any atom is 0.0596 e. The Morgan fingerprint density at radius 3 is 2.71 bits per heavy atom. The third kappa shape index (κ3) is 2.87. The Hall–Kier alpha value is -0.870. The predicted molar refractivity (Wildman–Crippen MR) is 67.6 cm³/mol. The van der Waals surface area contributed by atoms with Crippen molar-refractivity contribution in [3.8, 4) is 0 Å². The van der Waals surface area contributed by atoms with Gasteiger partial charge in [0.2, 0.25) is 0 Å². The van der Waals surface area contributed by atoms with Crippen molar-refractivity contribution in [1.29, 1.82) is 0 Å². The Balaban J connectivity index is 2.13. The lowest BCUT2D eigenvalue weighted by Crippen LogP contribution is -2.37. The van der Waals surface area contributed by atoms with Crippen molar-refractivity contribution >= 4 is 0 Å². The second-order valence-electron chi connectivity index (χ2n) is 5.59. The lowest BCUT2D eigenvalue weighted by Gasteiger charge is -2.30. The summed E-state index contributed by atoms with van der Waals surface area (Å²) in [6.07, 6.45) is 4.47. The Bertz CT molecular complexity index is 378. The van der Waals surface area contributed by atoms with E-state index in [4.69, 9.17) is 5.73 Å². The van der Waals surface area contributed by atoms with Crippen molar-refractivity contribution in [1.82, 2.24) is 9.78 Å². The fourth-order valence-electron chi connectivity index (χ4n) is 2.56. The molecule has 1 aromatic heterocycles. The van der Waals surface area contributed by atoms with E-state index in [0.29, 0.717) is 6.54 Å². The molecule has 0 amide bonds. The fraction of sp³-hybridized carbons (Fsp3) is 0.769. The Labute approximate surface area is 103 Å². The van der Waals surface area contributed by atoms with E-state index in [9.17, 15) is 5.11 Å². The van der Waals surface area contributed by atoms with Gasteiger partial charge in [-0.3, -0.25) is 4.68 Å². The molecule has 1 atom stereocenters. The van der Waals surface area contributed by atoms with Gasteiger partial charge in [0, 0.05) is 24.7 Å². The van der Waals surface area contributed by atoms with Gasteiger partial charge in [-0.05, 0) is 31.7 Å². The van der Waals surface area contributed by atoms with Crippen LogP contribution in [0.2, 0.25) is 0 Å². The molecule has 1 saturated carbocycles.